The van der Waals surface area contributed by atoms with Gasteiger partial charge in [0, 0.05) is 30.9 Å². The average Bonchev–Trinajstić information content (AvgIpc) is 2.67. The minimum absolute atomic E-state index is 0.567. The lowest BCUT2D eigenvalue weighted by Gasteiger charge is -2.22. The molecule has 1 saturated heterocycles. The van der Waals surface area contributed by atoms with E-state index in [2.05, 4.69) is 16.0 Å². The lowest BCUT2D eigenvalue weighted by atomic mass is 10.2. The first-order chi connectivity index (χ1) is 6.90. The maximum absolute atomic E-state index is 5.91. The summed E-state index contributed by atoms with van der Waals surface area (Å²) in [7, 11) is 0. The third kappa shape index (κ3) is 2.25. The first kappa shape index (κ1) is 9.94. The van der Waals surface area contributed by atoms with Crippen LogP contribution in [-0.4, -0.2) is 28.4 Å². The highest BCUT2D eigenvalue weighted by Crippen LogP contribution is 2.20. The number of pyridine rings is 1. The second kappa shape index (κ2) is 4.76. The summed E-state index contributed by atoms with van der Waals surface area (Å²) >= 11 is 5.91. The van der Waals surface area contributed by atoms with Gasteiger partial charge in [0.2, 0.25) is 0 Å². The third-order valence-corrected chi connectivity index (χ3v) is 3.14. The van der Waals surface area contributed by atoms with E-state index < -0.39 is 0 Å². The fraction of sp³-hybridized carbons (Fsp3) is 0.545. The summed E-state index contributed by atoms with van der Waals surface area (Å²) in [6, 6.07) is 4.68. The first-order valence-electron chi connectivity index (χ1n) is 5.09. The summed E-state index contributed by atoms with van der Waals surface area (Å²) in [4.78, 5) is 6.57. The molecule has 1 aromatic heterocycles. The molecule has 14 heavy (non-hydrogen) atoms. The molecule has 2 rings (SSSR count). The van der Waals surface area contributed by atoms with E-state index in [-0.39, 0.29) is 0 Å². The summed E-state index contributed by atoms with van der Waals surface area (Å²) in [5.74, 6) is 0.750. The van der Waals surface area contributed by atoms with E-state index in [0.29, 0.717) is 6.04 Å². The van der Waals surface area contributed by atoms with E-state index in [0.717, 1.165) is 12.4 Å². The second-order valence-electron chi connectivity index (χ2n) is 3.78. The van der Waals surface area contributed by atoms with Crippen LogP contribution in [0.25, 0.3) is 0 Å². The number of hydrogen-bond donors (Lipinski definition) is 0. The van der Waals surface area contributed by atoms with Crippen LogP contribution in [0.1, 0.15) is 18.4 Å². The molecule has 1 aromatic rings. The van der Waals surface area contributed by atoms with E-state index in [1.807, 2.05) is 18.5 Å². The van der Waals surface area contributed by atoms with Crippen molar-refractivity contribution in [1.82, 2.24) is 9.88 Å². The Balaban J connectivity index is 1.97. The highest BCUT2D eigenvalue weighted by Gasteiger charge is 2.23. The van der Waals surface area contributed by atoms with Crippen molar-refractivity contribution >= 4 is 11.6 Å². The number of nitrogens with zero attached hydrogens (tertiary/aromatic N) is 2. The van der Waals surface area contributed by atoms with Gasteiger partial charge in [0.1, 0.15) is 0 Å². The molecular formula is C11H15ClN2. The molecule has 0 bridgehead atoms. The van der Waals surface area contributed by atoms with Crippen molar-refractivity contribution in [3.05, 3.63) is 30.1 Å². The van der Waals surface area contributed by atoms with Gasteiger partial charge in [-0.3, -0.25) is 9.88 Å². The topological polar surface area (TPSA) is 16.1 Å². The van der Waals surface area contributed by atoms with Crippen LogP contribution < -0.4 is 0 Å². The van der Waals surface area contributed by atoms with Crippen LogP contribution in [0.3, 0.4) is 0 Å². The molecule has 0 spiro atoms. The van der Waals surface area contributed by atoms with Crippen molar-refractivity contribution in [3.63, 3.8) is 0 Å². The van der Waals surface area contributed by atoms with Gasteiger partial charge in [-0.15, -0.1) is 11.6 Å². The molecule has 0 saturated carbocycles. The van der Waals surface area contributed by atoms with Gasteiger partial charge < -0.3 is 0 Å². The van der Waals surface area contributed by atoms with Crippen LogP contribution in [0.5, 0.6) is 0 Å². The lowest BCUT2D eigenvalue weighted by Crippen LogP contribution is -2.30. The summed E-state index contributed by atoms with van der Waals surface area (Å²) in [5.41, 5.74) is 1.28. The molecule has 1 atom stereocenters. The maximum Gasteiger partial charge on any atom is 0.0379 e. The van der Waals surface area contributed by atoms with Crippen molar-refractivity contribution in [2.24, 2.45) is 0 Å². The summed E-state index contributed by atoms with van der Waals surface area (Å²) in [5, 5.41) is 0. The molecule has 1 aliphatic rings. The molecule has 2 nitrogen and oxygen atoms in total. The van der Waals surface area contributed by atoms with Gasteiger partial charge >= 0.3 is 0 Å². The molecule has 1 aliphatic heterocycles. The summed E-state index contributed by atoms with van der Waals surface area (Å²) in [6.45, 7) is 2.16. The fourth-order valence-corrected chi connectivity index (χ4v) is 2.35. The Hall–Kier alpha value is -0.600. The van der Waals surface area contributed by atoms with Gasteiger partial charge in [-0.2, -0.15) is 0 Å². The van der Waals surface area contributed by atoms with Crippen molar-refractivity contribution in [2.45, 2.75) is 25.4 Å². The van der Waals surface area contributed by atoms with E-state index >= 15 is 0 Å². The van der Waals surface area contributed by atoms with Crippen LogP contribution in [0.4, 0.5) is 0 Å². The molecule has 1 unspecified atom stereocenters. The summed E-state index contributed by atoms with van der Waals surface area (Å²) < 4.78 is 0. The minimum atomic E-state index is 0.567. The Morgan fingerprint density at radius 2 is 2.50 bits per heavy atom. The average molecular weight is 211 g/mol. The molecule has 0 aliphatic carbocycles. The molecule has 2 heterocycles. The maximum atomic E-state index is 5.91. The molecular weight excluding hydrogens is 196 g/mol. The van der Waals surface area contributed by atoms with Gasteiger partial charge in [0.05, 0.1) is 0 Å². The fourth-order valence-electron chi connectivity index (χ4n) is 2.00. The highest BCUT2D eigenvalue weighted by atomic mass is 35.5. The van der Waals surface area contributed by atoms with Crippen LogP contribution in [0, 0.1) is 0 Å². The van der Waals surface area contributed by atoms with Crippen LogP contribution in [0.2, 0.25) is 0 Å². The predicted molar refractivity (Wildman–Crippen MR) is 58.4 cm³/mol. The molecule has 0 radical (unpaired) electrons. The van der Waals surface area contributed by atoms with Crippen LogP contribution >= 0.6 is 11.6 Å². The van der Waals surface area contributed by atoms with E-state index in [1.54, 1.807) is 0 Å². The molecule has 3 heteroatoms. The Morgan fingerprint density at radius 3 is 3.21 bits per heavy atom. The Labute approximate surface area is 89.9 Å². The molecule has 76 valence electrons. The number of halogens is 1. The zero-order chi connectivity index (χ0) is 9.80. The molecule has 0 N–H and O–H groups in total. The first-order valence-corrected chi connectivity index (χ1v) is 5.62. The Morgan fingerprint density at radius 1 is 1.57 bits per heavy atom. The largest absolute Gasteiger partial charge is 0.295 e. The monoisotopic (exact) mass is 210 g/mol. The van der Waals surface area contributed by atoms with Crippen LogP contribution in [-0.2, 0) is 6.54 Å². The van der Waals surface area contributed by atoms with Gasteiger partial charge in [0.25, 0.3) is 0 Å². The Kier molecular flexibility index (Phi) is 3.38. The van der Waals surface area contributed by atoms with Gasteiger partial charge in [-0.1, -0.05) is 6.07 Å². The number of likely N-dealkylation sites (tertiary alicyclic amines) is 1. The second-order valence-corrected chi connectivity index (χ2v) is 4.09. The third-order valence-electron chi connectivity index (χ3n) is 2.79. The SMILES string of the molecule is ClCC1CCCN1Cc1cccnc1. The van der Waals surface area contributed by atoms with Gasteiger partial charge in [-0.05, 0) is 31.0 Å². The quantitative estimate of drug-likeness (QED) is 0.712. The molecule has 1 fully saturated rings. The highest BCUT2D eigenvalue weighted by molar-refractivity contribution is 6.18. The summed E-state index contributed by atoms with van der Waals surface area (Å²) in [6.07, 6.45) is 6.26. The van der Waals surface area contributed by atoms with Gasteiger partial charge in [0.15, 0.2) is 0 Å². The Bertz CT molecular complexity index is 276. The standard InChI is InChI=1S/C11H15ClN2/c12-7-11-4-2-6-14(11)9-10-3-1-5-13-8-10/h1,3,5,8,11H,2,4,6-7,9H2. The minimum Gasteiger partial charge on any atom is -0.295 e. The van der Waals surface area contributed by atoms with Crippen molar-refractivity contribution in [1.29, 1.82) is 0 Å². The zero-order valence-corrected chi connectivity index (χ0v) is 8.95. The number of alkyl halides is 1. The number of rotatable bonds is 3. The van der Waals surface area contributed by atoms with E-state index in [1.165, 1.54) is 24.9 Å². The smallest absolute Gasteiger partial charge is 0.0379 e. The van der Waals surface area contributed by atoms with E-state index in [9.17, 15) is 0 Å². The van der Waals surface area contributed by atoms with Crippen molar-refractivity contribution in [3.8, 4) is 0 Å². The van der Waals surface area contributed by atoms with E-state index in [4.69, 9.17) is 11.6 Å². The van der Waals surface area contributed by atoms with Crippen molar-refractivity contribution in [2.75, 3.05) is 12.4 Å². The molecule has 0 amide bonds. The zero-order valence-electron chi connectivity index (χ0n) is 8.19. The predicted octanol–water partition coefficient (Wildman–Crippen LogP) is 2.28. The molecule has 0 aromatic carbocycles. The number of aromatic nitrogens is 1. The number of hydrogen-bond acceptors (Lipinski definition) is 2. The van der Waals surface area contributed by atoms with Crippen LogP contribution in [0.15, 0.2) is 24.5 Å². The van der Waals surface area contributed by atoms with Crippen molar-refractivity contribution < 1.29 is 0 Å². The lowest BCUT2D eigenvalue weighted by molar-refractivity contribution is 0.262. The van der Waals surface area contributed by atoms with Gasteiger partial charge in [-0.25, -0.2) is 0 Å². The normalized spacial score (nSPS) is 22.8.